The van der Waals surface area contributed by atoms with Crippen LogP contribution in [0.15, 0.2) is 61.4 Å². The van der Waals surface area contributed by atoms with Crippen LogP contribution in [0, 0.1) is 0 Å². The van der Waals surface area contributed by atoms with Gasteiger partial charge in [0.2, 0.25) is 11.9 Å². The first-order valence-electron chi connectivity index (χ1n) is 13.2. The standard InChI is InChI=1S/C29H34N8O3/c1-5-28(38)32-21-17-22(26(40-4)18-24(21)35(2)15-16-36-13-6-7-14-36)33-29-30-12-11-27(34-29)37-23-9-8-10-25(39-3)20(23)19-31-37/h5,8-12,17-19H,1,6-7,13-16H2,2-4H3,(H,32,38)(H,30,33,34). The van der Waals surface area contributed by atoms with Crippen LogP contribution >= 0.6 is 0 Å². The van der Waals surface area contributed by atoms with Crippen LogP contribution in [-0.4, -0.2) is 78.0 Å². The lowest BCUT2D eigenvalue weighted by Crippen LogP contribution is -2.32. The van der Waals surface area contributed by atoms with Crippen molar-refractivity contribution in [2.24, 2.45) is 0 Å². The highest BCUT2D eigenvalue weighted by Crippen LogP contribution is 2.38. The average Bonchev–Trinajstić information content (AvgIpc) is 3.66. The molecule has 11 nitrogen and oxygen atoms in total. The van der Waals surface area contributed by atoms with E-state index < -0.39 is 0 Å². The molecule has 0 aliphatic carbocycles. The molecule has 40 heavy (non-hydrogen) atoms. The lowest BCUT2D eigenvalue weighted by molar-refractivity contribution is -0.111. The molecule has 2 aromatic carbocycles. The van der Waals surface area contributed by atoms with E-state index in [0.717, 1.165) is 48.5 Å². The van der Waals surface area contributed by atoms with Crippen molar-refractivity contribution < 1.29 is 14.3 Å². The van der Waals surface area contributed by atoms with Crippen LogP contribution in [0.25, 0.3) is 16.7 Å². The minimum absolute atomic E-state index is 0.301. The molecule has 0 radical (unpaired) electrons. The second kappa shape index (κ2) is 12.0. The van der Waals surface area contributed by atoms with E-state index >= 15 is 0 Å². The fourth-order valence-electron chi connectivity index (χ4n) is 4.89. The summed E-state index contributed by atoms with van der Waals surface area (Å²) in [4.78, 5) is 26.0. The number of nitrogens with zero attached hydrogens (tertiary/aromatic N) is 6. The zero-order chi connectivity index (χ0) is 28.1. The molecule has 1 amide bonds. The topological polar surface area (TPSA) is 110 Å². The summed E-state index contributed by atoms with van der Waals surface area (Å²) in [6, 6.07) is 11.3. The molecule has 0 saturated carbocycles. The number of likely N-dealkylation sites (N-methyl/N-ethyl adjacent to an activating group) is 1. The molecule has 0 bridgehead atoms. The highest BCUT2D eigenvalue weighted by molar-refractivity contribution is 6.02. The summed E-state index contributed by atoms with van der Waals surface area (Å²) < 4.78 is 12.9. The van der Waals surface area contributed by atoms with E-state index in [1.165, 1.54) is 18.9 Å². The van der Waals surface area contributed by atoms with Gasteiger partial charge >= 0.3 is 0 Å². The van der Waals surface area contributed by atoms with Gasteiger partial charge in [0.25, 0.3) is 0 Å². The largest absolute Gasteiger partial charge is 0.496 e. The second-order valence-corrected chi connectivity index (χ2v) is 9.55. The Kier molecular flexibility index (Phi) is 8.11. The molecule has 1 saturated heterocycles. The number of ether oxygens (including phenoxy) is 2. The summed E-state index contributed by atoms with van der Waals surface area (Å²) in [5.41, 5.74) is 2.92. The van der Waals surface area contributed by atoms with Crippen molar-refractivity contribution in [3.8, 4) is 17.3 Å². The van der Waals surface area contributed by atoms with Crippen LogP contribution in [0.1, 0.15) is 12.8 Å². The van der Waals surface area contributed by atoms with Crippen molar-refractivity contribution in [3.05, 3.63) is 61.4 Å². The molecule has 0 unspecified atom stereocenters. The summed E-state index contributed by atoms with van der Waals surface area (Å²) in [5.74, 6) is 1.95. The van der Waals surface area contributed by atoms with Crippen LogP contribution in [0.3, 0.4) is 0 Å². The first kappa shape index (κ1) is 26.9. The fourth-order valence-corrected chi connectivity index (χ4v) is 4.89. The summed E-state index contributed by atoms with van der Waals surface area (Å²) in [5, 5.41) is 11.6. The van der Waals surface area contributed by atoms with E-state index in [4.69, 9.17) is 14.5 Å². The first-order valence-corrected chi connectivity index (χ1v) is 13.2. The van der Waals surface area contributed by atoms with Gasteiger partial charge in [-0.15, -0.1) is 0 Å². The Hall–Kier alpha value is -4.64. The van der Waals surface area contributed by atoms with Crippen LogP contribution in [0.2, 0.25) is 0 Å². The Balaban J connectivity index is 1.45. The van der Waals surface area contributed by atoms with Gasteiger partial charge in [-0.3, -0.25) is 4.79 Å². The van der Waals surface area contributed by atoms with E-state index in [-0.39, 0.29) is 5.91 Å². The number of benzene rings is 2. The van der Waals surface area contributed by atoms with Crippen molar-refractivity contribution in [3.63, 3.8) is 0 Å². The van der Waals surface area contributed by atoms with Crippen LogP contribution in [-0.2, 0) is 4.79 Å². The molecule has 1 aliphatic rings. The Morgan fingerprint density at radius 2 is 1.93 bits per heavy atom. The number of likely N-dealkylation sites (tertiary alicyclic amines) is 1. The van der Waals surface area contributed by atoms with E-state index in [2.05, 4.69) is 37.1 Å². The van der Waals surface area contributed by atoms with Gasteiger partial charge in [0, 0.05) is 38.5 Å². The lowest BCUT2D eigenvalue weighted by Gasteiger charge is -2.26. The Morgan fingerprint density at radius 3 is 2.67 bits per heavy atom. The zero-order valence-electron chi connectivity index (χ0n) is 23.1. The molecule has 1 aliphatic heterocycles. The Bertz CT molecular complexity index is 1510. The highest BCUT2D eigenvalue weighted by Gasteiger charge is 2.18. The van der Waals surface area contributed by atoms with E-state index in [9.17, 15) is 4.79 Å². The molecule has 3 heterocycles. The van der Waals surface area contributed by atoms with Gasteiger partial charge in [-0.2, -0.15) is 10.1 Å². The minimum Gasteiger partial charge on any atom is -0.496 e. The Morgan fingerprint density at radius 1 is 1.12 bits per heavy atom. The fraction of sp³-hybridized carbons (Fsp3) is 0.310. The molecule has 2 aromatic heterocycles. The Labute approximate surface area is 233 Å². The number of carbonyl (C=O) groups is 1. The van der Waals surface area contributed by atoms with Gasteiger partial charge in [0.1, 0.15) is 11.5 Å². The molecule has 11 heteroatoms. The van der Waals surface area contributed by atoms with Gasteiger partial charge in [-0.1, -0.05) is 12.6 Å². The average molecular weight is 543 g/mol. The highest BCUT2D eigenvalue weighted by atomic mass is 16.5. The predicted octanol–water partition coefficient (Wildman–Crippen LogP) is 4.23. The van der Waals surface area contributed by atoms with Crippen LogP contribution < -0.4 is 25.0 Å². The number of aromatic nitrogens is 4. The van der Waals surface area contributed by atoms with Crippen molar-refractivity contribution in [2.75, 3.05) is 63.0 Å². The molecule has 1 fully saturated rings. The third-order valence-electron chi connectivity index (χ3n) is 7.02. The molecule has 4 aromatic rings. The third kappa shape index (κ3) is 5.69. The summed E-state index contributed by atoms with van der Waals surface area (Å²) in [6.45, 7) is 7.61. The molecule has 5 rings (SSSR count). The van der Waals surface area contributed by atoms with E-state index in [1.54, 1.807) is 37.4 Å². The number of rotatable bonds is 11. The summed E-state index contributed by atoms with van der Waals surface area (Å²) in [6.07, 6.45) is 7.15. The molecule has 0 spiro atoms. The predicted molar refractivity (Wildman–Crippen MR) is 157 cm³/mol. The van der Waals surface area contributed by atoms with Gasteiger partial charge in [-0.25, -0.2) is 9.67 Å². The number of hydrogen-bond acceptors (Lipinski definition) is 9. The van der Waals surface area contributed by atoms with Gasteiger partial charge < -0.3 is 29.9 Å². The number of fused-ring (bicyclic) bond motifs is 1. The van der Waals surface area contributed by atoms with Crippen molar-refractivity contribution in [1.82, 2.24) is 24.6 Å². The molecule has 2 N–H and O–H groups in total. The van der Waals surface area contributed by atoms with Crippen LogP contribution in [0.5, 0.6) is 11.5 Å². The van der Waals surface area contributed by atoms with Crippen LogP contribution in [0.4, 0.5) is 23.0 Å². The van der Waals surface area contributed by atoms with E-state index in [1.807, 2.05) is 37.4 Å². The van der Waals surface area contributed by atoms with E-state index in [0.29, 0.717) is 28.9 Å². The van der Waals surface area contributed by atoms with Crippen molar-refractivity contribution in [2.45, 2.75) is 12.8 Å². The summed E-state index contributed by atoms with van der Waals surface area (Å²) >= 11 is 0. The molecule has 0 atom stereocenters. The minimum atomic E-state index is -0.301. The number of methoxy groups -OCH3 is 2. The summed E-state index contributed by atoms with van der Waals surface area (Å²) in [7, 11) is 5.25. The number of carbonyl (C=O) groups excluding carboxylic acids is 1. The van der Waals surface area contributed by atoms with Gasteiger partial charge in [0.15, 0.2) is 5.82 Å². The number of nitrogens with one attached hydrogen (secondary N) is 2. The van der Waals surface area contributed by atoms with Crippen molar-refractivity contribution >= 4 is 39.8 Å². The van der Waals surface area contributed by atoms with Gasteiger partial charge in [-0.05, 0) is 50.2 Å². The molecular weight excluding hydrogens is 508 g/mol. The molecule has 208 valence electrons. The lowest BCUT2D eigenvalue weighted by atomic mass is 10.2. The molecular formula is C29H34N8O3. The third-order valence-corrected chi connectivity index (χ3v) is 7.02. The number of amides is 1. The smallest absolute Gasteiger partial charge is 0.247 e. The maximum absolute atomic E-state index is 12.3. The SMILES string of the molecule is C=CC(=O)Nc1cc(Nc2nccc(-n3ncc4c(OC)cccc43)n2)c(OC)cc1N(C)CCN1CCCC1. The quantitative estimate of drug-likeness (QED) is 0.269. The zero-order valence-corrected chi connectivity index (χ0v) is 23.1. The number of anilines is 4. The second-order valence-electron chi connectivity index (χ2n) is 9.55. The maximum Gasteiger partial charge on any atom is 0.247 e. The normalized spacial score (nSPS) is 13.3. The van der Waals surface area contributed by atoms with Crippen molar-refractivity contribution in [1.29, 1.82) is 0 Å². The van der Waals surface area contributed by atoms with Gasteiger partial charge in [0.05, 0.1) is 48.4 Å². The maximum atomic E-state index is 12.3. The monoisotopic (exact) mass is 542 g/mol. The first-order chi connectivity index (χ1) is 19.5. The number of hydrogen-bond donors (Lipinski definition) is 2.